The van der Waals surface area contributed by atoms with Gasteiger partial charge in [0.25, 0.3) is 0 Å². The molecule has 1 rings (SSSR count). The molecule has 0 saturated carbocycles. The minimum absolute atomic E-state index is 0.0651. The van der Waals surface area contributed by atoms with Crippen LogP contribution in [0.2, 0.25) is 0 Å². The number of amides is 1. The Labute approximate surface area is 110 Å². The second-order valence-electron chi connectivity index (χ2n) is 3.93. The Bertz CT molecular complexity index is 342. The minimum atomic E-state index is -1.24. The standard InChI is InChI=1S/C9H15NO5S.C2H6/c1-4-16(14)5-6(7(11)12)10-8(13)15-9(10,2)3;1-2/h6H,4-5H2,1-3H3,(H,11,12);1-2H3. The van der Waals surface area contributed by atoms with Gasteiger partial charge in [-0.15, -0.1) is 0 Å². The molecule has 18 heavy (non-hydrogen) atoms. The molecule has 0 aromatic carbocycles. The molecular weight excluding hydrogens is 258 g/mol. The molecule has 1 aliphatic heterocycles. The molecule has 1 saturated heterocycles. The number of hydrogen-bond donors (Lipinski definition) is 1. The lowest BCUT2D eigenvalue weighted by Gasteiger charge is -2.48. The van der Waals surface area contributed by atoms with E-state index in [-0.39, 0.29) is 5.75 Å². The molecule has 1 amide bonds. The summed E-state index contributed by atoms with van der Waals surface area (Å²) in [6.45, 7) is 8.90. The summed E-state index contributed by atoms with van der Waals surface area (Å²) in [5.41, 5.74) is -0.932. The zero-order valence-corrected chi connectivity index (χ0v) is 12.2. The van der Waals surface area contributed by atoms with E-state index in [9.17, 15) is 13.8 Å². The summed E-state index contributed by atoms with van der Waals surface area (Å²) in [4.78, 5) is 23.4. The third-order valence-electron chi connectivity index (χ3n) is 2.38. The van der Waals surface area contributed by atoms with E-state index < -0.39 is 34.6 Å². The monoisotopic (exact) mass is 279 g/mol. The summed E-state index contributed by atoms with van der Waals surface area (Å²) in [5, 5.41) is 9.02. The highest BCUT2D eigenvalue weighted by Crippen LogP contribution is 2.31. The van der Waals surface area contributed by atoms with Crippen LogP contribution in [0.15, 0.2) is 0 Å². The first-order valence-electron chi connectivity index (χ1n) is 5.89. The fourth-order valence-corrected chi connectivity index (χ4v) is 2.43. The van der Waals surface area contributed by atoms with Crippen LogP contribution in [0.5, 0.6) is 0 Å². The van der Waals surface area contributed by atoms with Gasteiger partial charge in [0.2, 0.25) is 0 Å². The number of carbonyl (C=O) groups is 2. The van der Waals surface area contributed by atoms with Crippen molar-refractivity contribution in [2.45, 2.75) is 46.4 Å². The maximum absolute atomic E-state index is 11.4. The van der Waals surface area contributed by atoms with E-state index in [0.717, 1.165) is 4.90 Å². The van der Waals surface area contributed by atoms with E-state index in [0.29, 0.717) is 5.75 Å². The largest absolute Gasteiger partial charge is 0.480 e. The van der Waals surface area contributed by atoms with Gasteiger partial charge in [-0.1, -0.05) is 20.8 Å². The number of nitrogens with zero attached hydrogens (tertiary/aromatic N) is 1. The summed E-state index contributed by atoms with van der Waals surface area (Å²) in [6.07, 6.45) is -0.675. The van der Waals surface area contributed by atoms with Crippen LogP contribution in [-0.4, -0.2) is 49.6 Å². The smallest absolute Gasteiger partial charge is 0.415 e. The Morgan fingerprint density at radius 3 is 2.28 bits per heavy atom. The number of hydrogen-bond acceptors (Lipinski definition) is 4. The van der Waals surface area contributed by atoms with E-state index in [1.807, 2.05) is 13.8 Å². The van der Waals surface area contributed by atoms with E-state index in [4.69, 9.17) is 9.84 Å². The highest BCUT2D eigenvalue weighted by Gasteiger charge is 2.52. The van der Waals surface area contributed by atoms with Crippen LogP contribution in [0.4, 0.5) is 4.79 Å². The summed E-state index contributed by atoms with van der Waals surface area (Å²) >= 11 is 0. The van der Waals surface area contributed by atoms with Crippen LogP contribution in [0.25, 0.3) is 0 Å². The molecule has 0 radical (unpaired) electrons. The Kier molecular flexibility index (Phi) is 6.31. The van der Waals surface area contributed by atoms with Crippen molar-refractivity contribution >= 4 is 22.9 Å². The lowest BCUT2D eigenvalue weighted by Crippen LogP contribution is -2.68. The van der Waals surface area contributed by atoms with Crippen molar-refractivity contribution < 1.29 is 23.6 Å². The fourth-order valence-electron chi connectivity index (χ4n) is 1.55. The van der Waals surface area contributed by atoms with E-state index in [1.165, 1.54) is 0 Å². The first-order chi connectivity index (χ1) is 8.29. The molecule has 1 aliphatic rings. The first-order valence-corrected chi connectivity index (χ1v) is 7.38. The molecule has 0 bridgehead atoms. The Morgan fingerprint density at radius 2 is 2.00 bits per heavy atom. The Balaban J connectivity index is 0.00000137. The van der Waals surface area contributed by atoms with Gasteiger partial charge in [-0.2, -0.15) is 0 Å². The summed E-state index contributed by atoms with van der Waals surface area (Å²) in [5.74, 6) is -0.858. The van der Waals surface area contributed by atoms with Gasteiger partial charge < -0.3 is 9.84 Å². The quantitative estimate of drug-likeness (QED) is 0.823. The first kappa shape index (κ1) is 16.9. The van der Waals surface area contributed by atoms with Gasteiger partial charge in [-0.25, -0.2) is 9.59 Å². The normalized spacial score (nSPS) is 19.8. The zero-order chi connectivity index (χ0) is 14.5. The molecule has 6 nitrogen and oxygen atoms in total. The number of rotatable bonds is 5. The van der Waals surface area contributed by atoms with Crippen LogP contribution in [0, 0.1) is 0 Å². The van der Waals surface area contributed by atoms with Crippen LogP contribution in [-0.2, 0) is 20.3 Å². The predicted molar refractivity (Wildman–Crippen MR) is 68.7 cm³/mol. The molecule has 0 aromatic rings. The van der Waals surface area contributed by atoms with Crippen LogP contribution in [0.1, 0.15) is 34.6 Å². The van der Waals surface area contributed by atoms with Crippen molar-refractivity contribution in [3.05, 3.63) is 0 Å². The topological polar surface area (TPSA) is 83.9 Å². The van der Waals surface area contributed by atoms with Crippen molar-refractivity contribution in [1.82, 2.24) is 4.90 Å². The van der Waals surface area contributed by atoms with Gasteiger partial charge in [0.1, 0.15) is 6.04 Å². The molecule has 1 N–H and O–H groups in total. The number of cyclic esters (lactones) is 1. The Morgan fingerprint density at radius 1 is 1.50 bits per heavy atom. The average Bonchev–Trinajstić information content (AvgIpc) is 2.29. The molecule has 0 aromatic heterocycles. The van der Waals surface area contributed by atoms with Crippen molar-refractivity contribution in [1.29, 1.82) is 0 Å². The van der Waals surface area contributed by atoms with Gasteiger partial charge in [0.05, 0.1) is 5.75 Å². The summed E-state index contributed by atoms with van der Waals surface area (Å²) < 4.78 is 16.2. The fraction of sp³-hybridized carbons (Fsp3) is 0.818. The summed E-state index contributed by atoms with van der Waals surface area (Å²) in [7, 11) is -1.24. The Hall–Kier alpha value is -1.11. The van der Waals surface area contributed by atoms with E-state index in [2.05, 4.69) is 0 Å². The van der Waals surface area contributed by atoms with Gasteiger partial charge in [-0.3, -0.25) is 9.11 Å². The van der Waals surface area contributed by atoms with Gasteiger partial charge in [-0.05, 0) is 13.8 Å². The maximum Gasteiger partial charge on any atom is 0.415 e. The molecule has 1 heterocycles. The molecule has 106 valence electrons. The molecule has 0 spiro atoms. The second kappa shape index (κ2) is 6.72. The van der Waals surface area contributed by atoms with E-state index in [1.54, 1.807) is 20.8 Å². The minimum Gasteiger partial charge on any atom is -0.480 e. The van der Waals surface area contributed by atoms with Gasteiger partial charge in [0, 0.05) is 16.6 Å². The predicted octanol–water partition coefficient (Wildman–Crippen LogP) is 1.42. The van der Waals surface area contributed by atoms with Crippen molar-refractivity contribution in [3.63, 3.8) is 0 Å². The third kappa shape index (κ3) is 3.69. The highest BCUT2D eigenvalue weighted by atomic mass is 32.2. The maximum atomic E-state index is 11.4. The van der Waals surface area contributed by atoms with Crippen molar-refractivity contribution in [2.75, 3.05) is 11.5 Å². The number of carboxylic acid groups (broad SMARTS) is 1. The number of carbonyl (C=O) groups excluding carboxylic acids is 1. The average molecular weight is 279 g/mol. The lowest BCUT2D eigenvalue weighted by atomic mass is 10.1. The van der Waals surface area contributed by atoms with Gasteiger partial charge >= 0.3 is 12.1 Å². The zero-order valence-electron chi connectivity index (χ0n) is 11.4. The molecule has 1 fully saturated rings. The van der Waals surface area contributed by atoms with Crippen LogP contribution in [0.3, 0.4) is 0 Å². The van der Waals surface area contributed by atoms with E-state index >= 15 is 0 Å². The molecular formula is C11H21NO5S. The SMILES string of the molecule is CC.CCS(=O)CC(C(=O)O)N1C(=O)OC1(C)C. The second-order valence-corrected chi connectivity index (χ2v) is 5.72. The van der Waals surface area contributed by atoms with Crippen molar-refractivity contribution in [3.8, 4) is 0 Å². The molecule has 7 heteroatoms. The number of aliphatic carboxylic acids is 1. The molecule has 0 aliphatic carbocycles. The number of ether oxygens (including phenoxy) is 1. The van der Waals surface area contributed by atoms with Crippen LogP contribution >= 0.6 is 0 Å². The van der Waals surface area contributed by atoms with Gasteiger partial charge in [0.15, 0.2) is 5.72 Å². The van der Waals surface area contributed by atoms with Crippen LogP contribution < -0.4 is 0 Å². The lowest BCUT2D eigenvalue weighted by molar-refractivity contribution is -0.188. The van der Waals surface area contributed by atoms with Crippen molar-refractivity contribution in [2.24, 2.45) is 0 Å². The summed E-state index contributed by atoms with van der Waals surface area (Å²) in [6, 6.07) is -1.09. The molecule has 2 atom stereocenters. The third-order valence-corrected chi connectivity index (χ3v) is 3.71. The number of carboxylic acids is 1. The highest BCUT2D eigenvalue weighted by molar-refractivity contribution is 7.85. The molecule has 2 unspecified atom stereocenters.